The molecule has 0 saturated heterocycles. The zero-order valence-corrected chi connectivity index (χ0v) is 27.0. The van der Waals surface area contributed by atoms with Crippen LogP contribution in [-0.2, 0) is 11.2 Å². The predicted molar refractivity (Wildman–Crippen MR) is 142 cm³/mol. The maximum absolute atomic E-state index is 14.2. The maximum Gasteiger partial charge on any atom is 0.460 e. The third kappa shape index (κ3) is 8.76. The lowest BCUT2D eigenvalue weighted by molar-refractivity contribution is -0.515. The Kier molecular flexibility index (Phi) is 13.7. The van der Waals surface area contributed by atoms with Crippen molar-refractivity contribution >= 4 is 0 Å². The third-order valence-electron chi connectivity index (χ3n) is 7.50. The Hall–Kier alpha value is -3.48. The highest BCUT2D eigenvalue weighted by molar-refractivity contribution is 5.55. The molecule has 0 N–H and O–H groups in total. The SMILES string of the molecule is CCCCCCCCc1cnc(-c2ccc(OC(F)C(F)(F)C(F)(F)OC(F)(F)C(F)(F)C(F)(F)C(F)(F)C(F)(F)C(F)(F)C(F)(F)C(F)(F)F)cc2)nc1. The molecule has 2 aromatic rings. The number of alkyl halides is 22. The van der Waals surface area contributed by atoms with Crippen molar-refractivity contribution in [3.8, 4) is 17.1 Å². The van der Waals surface area contributed by atoms with E-state index in [0.29, 0.717) is 24.1 Å². The number of ether oxygens (including phenoxy) is 2. The van der Waals surface area contributed by atoms with Gasteiger partial charge in [0.2, 0.25) is 0 Å². The van der Waals surface area contributed by atoms with E-state index >= 15 is 0 Å². The number of rotatable bonds is 20. The first-order chi connectivity index (χ1) is 24.6. The van der Waals surface area contributed by atoms with Gasteiger partial charge in [-0.2, -0.15) is 96.6 Å². The molecule has 0 aliphatic carbocycles. The number of hydrogen-bond acceptors (Lipinski definition) is 4. The number of hydrogen-bond donors (Lipinski definition) is 0. The Labute approximate surface area is 294 Å². The summed E-state index contributed by atoms with van der Waals surface area (Å²) >= 11 is 0. The summed E-state index contributed by atoms with van der Waals surface area (Å²) < 4.78 is 302. The van der Waals surface area contributed by atoms with Crippen LogP contribution in [0.5, 0.6) is 5.75 Å². The molecule has 0 aliphatic rings. The van der Waals surface area contributed by atoms with Gasteiger partial charge < -0.3 is 4.74 Å². The number of unbranched alkanes of at least 4 members (excludes halogenated alkanes) is 5. The average Bonchev–Trinajstić information content (AvgIpc) is 3.05. The van der Waals surface area contributed by atoms with Gasteiger partial charge >= 0.3 is 66.2 Å². The third-order valence-corrected chi connectivity index (χ3v) is 7.50. The molecule has 0 amide bonds. The van der Waals surface area contributed by atoms with Crippen molar-refractivity contribution in [2.75, 3.05) is 0 Å². The molecule has 2 rings (SSSR count). The fourth-order valence-electron chi connectivity index (χ4n) is 4.19. The molecule has 0 aliphatic heterocycles. The molecular formula is C29H24F22N2O2. The van der Waals surface area contributed by atoms with Gasteiger partial charge in [-0.3, -0.25) is 0 Å². The predicted octanol–water partition coefficient (Wildman–Crippen LogP) is 11.9. The van der Waals surface area contributed by atoms with E-state index in [1.54, 1.807) is 0 Å². The Bertz CT molecular complexity index is 1550. The van der Waals surface area contributed by atoms with E-state index < -0.39 is 72.0 Å². The number of aromatic nitrogens is 2. The monoisotopic (exact) mass is 850 g/mol. The first-order valence-corrected chi connectivity index (χ1v) is 15.0. The minimum absolute atomic E-state index is 0.0272. The van der Waals surface area contributed by atoms with Crippen LogP contribution < -0.4 is 4.74 Å². The Balaban J connectivity index is 2.26. The molecule has 26 heteroatoms. The van der Waals surface area contributed by atoms with Crippen LogP contribution in [0.4, 0.5) is 96.6 Å². The number of nitrogens with zero attached hydrogens (tertiary/aromatic N) is 2. The van der Waals surface area contributed by atoms with Crippen molar-refractivity contribution in [2.45, 2.75) is 118 Å². The van der Waals surface area contributed by atoms with Gasteiger partial charge in [-0.1, -0.05) is 39.0 Å². The normalized spacial score (nSPS) is 15.3. The molecule has 0 radical (unpaired) electrons. The largest absolute Gasteiger partial charge is 0.460 e. The highest BCUT2D eigenvalue weighted by Crippen LogP contribution is 2.64. The maximum atomic E-state index is 14.2. The van der Waals surface area contributed by atoms with E-state index in [1.165, 1.54) is 17.1 Å². The molecule has 0 spiro atoms. The lowest BCUT2D eigenvalue weighted by Gasteiger charge is -2.43. The van der Waals surface area contributed by atoms with Crippen LogP contribution in [0.3, 0.4) is 0 Å². The van der Waals surface area contributed by atoms with Crippen LogP contribution in [0.1, 0.15) is 51.0 Å². The molecule has 0 saturated carbocycles. The van der Waals surface area contributed by atoms with Gasteiger partial charge in [-0.05, 0) is 42.7 Å². The molecule has 1 atom stereocenters. The quantitative estimate of drug-likeness (QED) is 0.0983. The smallest absolute Gasteiger partial charge is 0.454 e. The summed E-state index contributed by atoms with van der Waals surface area (Å²) in [5.74, 6) is -62.1. The molecular weight excluding hydrogens is 826 g/mol. The summed E-state index contributed by atoms with van der Waals surface area (Å²) in [6.45, 7) is 2.04. The number of aryl methyl sites for hydroxylation is 1. The van der Waals surface area contributed by atoms with Gasteiger partial charge in [0.15, 0.2) is 5.82 Å². The van der Waals surface area contributed by atoms with E-state index in [-0.39, 0.29) is 11.4 Å². The molecule has 55 heavy (non-hydrogen) atoms. The van der Waals surface area contributed by atoms with Crippen LogP contribution in [0.15, 0.2) is 36.7 Å². The Morgan fingerprint density at radius 2 is 0.945 bits per heavy atom. The van der Waals surface area contributed by atoms with Crippen molar-refractivity contribution in [3.05, 3.63) is 42.2 Å². The van der Waals surface area contributed by atoms with E-state index in [4.69, 9.17) is 0 Å². The number of benzene rings is 1. The van der Waals surface area contributed by atoms with E-state index in [1.807, 2.05) is 6.92 Å². The number of halogens is 22. The molecule has 0 fully saturated rings. The summed E-state index contributed by atoms with van der Waals surface area (Å²) in [5.41, 5.74) is 0.732. The van der Waals surface area contributed by atoms with Gasteiger partial charge in [0.05, 0.1) is 0 Å². The molecule has 316 valence electrons. The average molecular weight is 850 g/mol. The second-order valence-electron chi connectivity index (χ2n) is 11.6. The highest BCUT2D eigenvalue weighted by atomic mass is 19.4. The van der Waals surface area contributed by atoms with Gasteiger partial charge in [-0.25, -0.2) is 14.7 Å². The summed E-state index contributed by atoms with van der Waals surface area (Å²) in [4.78, 5) is 8.04. The topological polar surface area (TPSA) is 44.2 Å². The summed E-state index contributed by atoms with van der Waals surface area (Å²) in [5, 5.41) is 0. The van der Waals surface area contributed by atoms with Gasteiger partial charge in [0.1, 0.15) is 5.75 Å². The van der Waals surface area contributed by atoms with Crippen molar-refractivity contribution in [2.24, 2.45) is 0 Å². The fraction of sp³-hybridized carbons (Fsp3) is 0.655. The van der Waals surface area contributed by atoms with Crippen LogP contribution in [0.25, 0.3) is 11.4 Å². The zero-order valence-electron chi connectivity index (χ0n) is 27.0. The Morgan fingerprint density at radius 3 is 1.40 bits per heavy atom. The van der Waals surface area contributed by atoms with Crippen molar-refractivity contribution in [3.63, 3.8) is 0 Å². The molecule has 1 heterocycles. The van der Waals surface area contributed by atoms with E-state index in [0.717, 1.165) is 50.7 Å². The highest BCUT2D eigenvalue weighted by Gasteiger charge is 2.96. The van der Waals surface area contributed by atoms with Crippen LogP contribution in [0.2, 0.25) is 0 Å². The minimum Gasteiger partial charge on any atom is -0.454 e. The summed E-state index contributed by atoms with van der Waals surface area (Å²) in [6.07, 6.45) is -19.8. The summed E-state index contributed by atoms with van der Waals surface area (Å²) in [7, 11) is 0. The van der Waals surface area contributed by atoms with Crippen molar-refractivity contribution < 1.29 is 106 Å². The standard InChI is InChI=1S/C29H24F22N2O2/c1-2-3-4-5-6-7-8-15-13-52-18(53-14-15)16-9-11-17(12-10-16)54-19(30)20(31,32)28(48,49)55-29(50,51)26(43,44)24(39,40)22(35,36)21(33,34)23(37,38)25(41,42)27(45,46)47/h9-14,19H,2-8H2,1H3. The van der Waals surface area contributed by atoms with Gasteiger partial charge in [0.25, 0.3) is 0 Å². The van der Waals surface area contributed by atoms with Crippen LogP contribution >= 0.6 is 0 Å². The Morgan fingerprint density at radius 1 is 0.527 bits per heavy atom. The van der Waals surface area contributed by atoms with E-state index in [2.05, 4.69) is 14.7 Å². The fourth-order valence-corrected chi connectivity index (χ4v) is 4.19. The van der Waals surface area contributed by atoms with Crippen LogP contribution in [-0.4, -0.2) is 76.2 Å². The second kappa shape index (κ2) is 15.8. The first kappa shape index (κ1) is 47.7. The lowest BCUT2D eigenvalue weighted by atomic mass is 9.90. The zero-order chi connectivity index (χ0) is 42.9. The first-order valence-electron chi connectivity index (χ1n) is 15.0. The molecule has 0 bridgehead atoms. The van der Waals surface area contributed by atoms with E-state index in [9.17, 15) is 96.6 Å². The van der Waals surface area contributed by atoms with Gasteiger partial charge in [-0.15, -0.1) is 0 Å². The van der Waals surface area contributed by atoms with Gasteiger partial charge in [0, 0.05) is 18.0 Å². The molecule has 1 aromatic heterocycles. The molecule has 4 nitrogen and oxygen atoms in total. The molecule has 1 aromatic carbocycles. The van der Waals surface area contributed by atoms with Crippen molar-refractivity contribution in [1.29, 1.82) is 0 Å². The van der Waals surface area contributed by atoms with Crippen molar-refractivity contribution in [1.82, 2.24) is 9.97 Å². The lowest BCUT2D eigenvalue weighted by Crippen LogP contribution is -2.75. The van der Waals surface area contributed by atoms with Crippen LogP contribution in [0, 0.1) is 0 Å². The second-order valence-corrected chi connectivity index (χ2v) is 11.6. The summed E-state index contributed by atoms with van der Waals surface area (Å²) in [6, 6.07) is 2.79. The minimum atomic E-state index is -9.20. The molecule has 1 unspecified atom stereocenters.